The molecule has 6 heteroatoms. The number of anilines is 2. The van der Waals surface area contributed by atoms with Crippen molar-refractivity contribution in [2.75, 3.05) is 30.7 Å². The van der Waals surface area contributed by atoms with Gasteiger partial charge in [-0.1, -0.05) is 6.92 Å². The van der Waals surface area contributed by atoms with E-state index in [-0.39, 0.29) is 11.3 Å². The fraction of sp³-hybridized carbons (Fsp3) is 0.571. The Labute approximate surface area is 119 Å². The molecule has 2 heterocycles. The summed E-state index contributed by atoms with van der Waals surface area (Å²) in [5.41, 5.74) is 5.90. The third-order valence-corrected chi connectivity index (χ3v) is 3.64. The Bertz CT molecular complexity index is 470. The first-order valence-corrected chi connectivity index (χ1v) is 7.08. The van der Waals surface area contributed by atoms with E-state index in [1.54, 1.807) is 0 Å². The number of nitrogen functional groups attached to an aromatic ring is 1. The van der Waals surface area contributed by atoms with Gasteiger partial charge in [0.05, 0.1) is 17.4 Å². The van der Waals surface area contributed by atoms with Crippen molar-refractivity contribution >= 4 is 17.5 Å². The van der Waals surface area contributed by atoms with Crippen LogP contribution in [0.5, 0.6) is 0 Å². The van der Waals surface area contributed by atoms with E-state index >= 15 is 0 Å². The minimum absolute atomic E-state index is 0.103. The molecule has 20 heavy (non-hydrogen) atoms. The van der Waals surface area contributed by atoms with Crippen LogP contribution in [0.15, 0.2) is 12.3 Å². The quantitative estimate of drug-likeness (QED) is 0.758. The van der Waals surface area contributed by atoms with Crippen molar-refractivity contribution in [2.45, 2.75) is 32.2 Å². The Morgan fingerprint density at radius 2 is 2.25 bits per heavy atom. The van der Waals surface area contributed by atoms with Crippen molar-refractivity contribution in [3.8, 4) is 0 Å². The van der Waals surface area contributed by atoms with Crippen LogP contribution in [0, 0.1) is 0 Å². The lowest BCUT2D eigenvalue weighted by atomic mass is 10.0. The largest absolute Gasteiger partial charge is 0.478 e. The molecule has 1 aromatic heterocycles. The molecule has 1 aliphatic rings. The van der Waals surface area contributed by atoms with Crippen LogP contribution in [0.3, 0.4) is 0 Å². The van der Waals surface area contributed by atoms with Gasteiger partial charge in [-0.15, -0.1) is 0 Å². The molecule has 0 amide bonds. The van der Waals surface area contributed by atoms with Gasteiger partial charge in [-0.05, 0) is 31.9 Å². The van der Waals surface area contributed by atoms with Crippen LogP contribution in [-0.4, -0.2) is 46.6 Å². The summed E-state index contributed by atoms with van der Waals surface area (Å²) in [4.78, 5) is 17.7. The Balaban J connectivity index is 1.94. The molecular formula is C14H22N4O2. The number of aromatic nitrogens is 1. The third kappa shape index (κ3) is 3.60. The Kier molecular flexibility index (Phi) is 4.79. The number of nitrogens with zero attached hydrogens (tertiary/aromatic N) is 2. The highest BCUT2D eigenvalue weighted by Gasteiger charge is 2.19. The molecule has 110 valence electrons. The minimum atomic E-state index is -1.02. The van der Waals surface area contributed by atoms with Crippen LogP contribution in [0.2, 0.25) is 0 Å². The van der Waals surface area contributed by atoms with Crippen LogP contribution in [0.1, 0.15) is 36.5 Å². The third-order valence-electron chi connectivity index (χ3n) is 3.64. The molecule has 2 rings (SSSR count). The lowest BCUT2D eigenvalue weighted by Gasteiger charge is -2.32. The van der Waals surface area contributed by atoms with Gasteiger partial charge in [-0.3, -0.25) is 0 Å². The van der Waals surface area contributed by atoms with Crippen molar-refractivity contribution < 1.29 is 9.90 Å². The summed E-state index contributed by atoms with van der Waals surface area (Å²) in [6, 6.07) is 1.86. The fourth-order valence-electron chi connectivity index (χ4n) is 2.56. The summed E-state index contributed by atoms with van der Waals surface area (Å²) in [7, 11) is 0. The number of nitrogens with one attached hydrogen (secondary N) is 1. The van der Waals surface area contributed by atoms with E-state index in [0.29, 0.717) is 11.9 Å². The standard InChI is InChI=1S/C14H22N4O2/c1-2-5-18-6-3-10(4-7-18)17-13-8-11(14(19)20)12(15)9-16-13/h8-10H,2-7,15H2,1H3,(H,16,17)(H,19,20). The maximum Gasteiger partial charge on any atom is 0.337 e. The van der Waals surface area contributed by atoms with E-state index in [1.807, 2.05) is 0 Å². The van der Waals surface area contributed by atoms with Crippen LogP contribution in [0.25, 0.3) is 0 Å². The van der Waals surface area contributed by atoms with E-state index in [1.165, 1.54) is 18.7 Å². The first-order chi connectivity index (χ1) is 9.60. The molecular weight excluding hydrogens is 256 g/mol. The first kappa shape index (κ1) is 14.6. The highest BCUT2D eigenvalue weighted by atomic mass is 16.4. The maximum absolute atomic E-state index is 11.0. The zero-order valence-electron chi connectivity index (χ0n) is 11.8. The Morgan fingerprint density at radius 1 is 1.55 bits per heavy atom. The lowest BCUT2D eigenvalue weighted by Crippen LogP contribution is -2.39. The van der Waals surface area contributed by atoms with E-state index < -0.39 is 5.97 Å². The molecule has 1 aromatic rings. The Morgan fingerprint density at radius 3 is 2.85 bits per heavy atom. The minimum Gasteiger partial charge on any atom is -0.478 e. The van der Waals surface area contributed by atoms with Crippen molar-refractivity contribution in [1.29, 1.82) is 0 Å². The fourth-order valence-corrected chi connectivity index (χ4v) is 2.56. The smallest absolute Gasteiger partial charge is 0.337 e. The van der Waals surface area contributed by atoms with Gasteiger partial charge in [0.25, 0.3) is 0 Å². The van der Waals surface area contributed by atoms with E-state index in [4.69, 9.17) is 10.8 Å². The highest BCUT2D eigenvalue weighted by molar-refractivity contribution is 5.94. The summed E-state index contributed by atoms with van der Waals surface area (Å²) in [5, 5.41) is 12.4. The molecule has 0 aliphatic carbocycles. The molecule has 1 aliphatic heterocycles. The number of aromatic carboxylic acids is 1. The van der Waals surface area contributed by atoms with Crippen LogP contribution < -0.4 is 11.1 Å². The lowest BCUT2D eigenvalue weighted by molar-refractivity contribution is 0.0698. The second-order valence-electron chi connectivity index (χ2n) is 5.22. The van der Waals surface area contributed by atoms with Crippen LogP contribution in [0.4, 0.5) is 11.5 Å². The number of pyridine rings is 1. The van der Waals surface area contributed by atoms with Gasteiger partial charge in [-0.25, -0.2) is 9.78 Å². The average Bonchev–Trinajstić information content (AvgIpc) is 2.43. The number of carbonyl (C=O) groups is 1. The SMILES string of the molecule is CCCN1CCC(Nc2cc(C(=O)O)c(N)cn2)CC1. The predicted molar refractivity (Wildman–Crippen MR) is 79.0 cm³/mol. The van der Waals surface area contributed by atoms with E-state index in [2.05, 4.69) is 22.1 Å². The summed E-state index contributed by atoms with van der Waals surface area (Å²) in [5.74, 6) is -0.434. The second-order valence-corrected chi connectivity index (χ2v) is 5.22. The molecule has 4 N–H and O–H groups in total. The van der Waals surface area contributed by atoms with Crippen molar-refractivity contribution in [2.24, 2.45) is 0 Å². The van der Waals surface area contributed by atoms with Gasteiger partial charge in [0.2, 0.25) is 0 Å². The molecule has 0 unspecified atom stereocenters. The van der Waals surface area contributed by atoms with Gasteiger partial charge >= 0.3 is 5.97 Å². The molecule has 0 atom stereocenters. The van der Waals surface area contributed by atoms with Crippen LogP contribution in [-0.2, 0) is 0 Å². The maximum atomic E-state index is 11.0. The molecule has 0 aromatic carbocycles. The number of carboxylic acid groups (broad SMARTS) is 1. The summed E-state index contributed by atoms with van der Waals surface area (Å²) in [6.45, 7) is 5.49. The predicted octanol–water partition coefficient (Wildman–Crippen LogP) is 1.65. The Hall–Kier alpha value is -1.82. The first-order valence-electron chi connectivity index (χ1n) is 7.08. The van der Waals surface area contributed by atoms with E-state index in [9.17, 15) is 4.79 Å². The molecule has 1 fully saturated rings. The zero-order chi connectivity index (χ0) is 14.5. The zero-order valence-corrected chi connectivity index (χ0v) is 11.8. The number of likely N-dealkylation sites (tertiary alicyclic amines) is 1. The normalized spacial score (nSPS) is 17.1. The number of rotatable bonds is 5. The molecule has 0 spiro atoms. The second kappa shape index (κ2) is 6.56. The molecule has 0 saturated carbocycles. The van der Waals surface area contributed by atoms with E-state index in [0.717, 1.165) is 32.5 Å². The van der Waals surface area contributed by atoms with Crippen LogP contribution >= 0.6 is 0 Å². The number of hydrogen-bond acceptors (Lipinski definition) is 5. The number of nitrogens with two attached hydrogens (primary N) is 1. The van der Waals surface area contributed by atoms with Gasteiger partial charge < -0.3 is 21.1 Å². The van der Waals surface area contributed by atoms with Gasteiger partial charge in [0.1, 0.15) is 5.82 Å². The van der Waals surface area contributed by atoms with Gasteiger partial charge in [-0.2, -0.15) is 0 Å². The highest BCUT2D eigenvalue weighted by Crippen LogP contribution is 2.19. The summed E-state index contributed by atoms with van der Waals surface area (Å²) < 4.78 is 0. The van der Waals surface area contributed by atoms with Crippen molar-refractivity contribution in [3.05, 3.63) is 17.8 Å². The topological polar surface area (TPSA) is 91.5 Å². The molecule has 6 nitrogen and oxygen atoms in total. The number of carboxylic acids is 1. The molecule has 0 radical (unpaired) electrons. The van der Waals surface area contributed by atoms with Gasteiger partial charge in [0.15, 0.2) is 0 Å². The molecule has 1 saturated heterocycles. The monoisotopic (exact) mass is 278 g/mol. The summed E-state index contributed by atoms with van der Waals surface area (Å²) >= 11 is 0. The van der Waals surface area contributed by atoms with Gasteiger partial charge in [0, 0.05) is 19.1 Å². The summed E-state index contributed by atoms with van der Waals surface area (Å²) in [6.07, 6.45) is 4.68. The number of hydrogen-bond donors (Lipinski definition) is 3. The van der Waals surface area contributed by atoms with Crippen molar-refractivity contribution in [3.63, 3.8) is 0 Å². The van der Waals surface area contributed by atoms with Crippen molar-refractivity contribution in [1.82, 2.24) is 9.88 Å². The number of piperidine rings is 1. The average molecular weight is 278 g/mol. The molecule has 0 bridgehead atoms.